The number of hydrogen-bond donors (Lipinski definition) is 0. The normalized spacial score (nSPS) is 15.4. The zero-order chi connectivity index (χ0) is 21.2. The molecule has 1 heterocycles. The van der Waals surface area contributed by atoms with E-state index in [4.69, 9.17) is 16.3 Å². The van der Waals surface area contributed by atoms with Gasteiger partial charge in [-0.2, -0.15) is 4.31 Å². The van der Waals surface area contributed by atoms with Gasteiger partial charge in [-0.25, -0.2) is 12.8 Å². The van der Waals surface area contributed by atoms with Crippen LogP contribution in [0.5, 0.6) is 5.75 Å². The van der Waals surface area contributed by atoms with E-state index in [1.54, 1.807) is 4.90 Å². The highest BCUT2D eigenvalue weighted by atomic mass is 35.5. The maximum atomic E-state index is 13.3. The van der Waals surface area contributed by atoms with E-state index in [1.807, 2.05) is 32.0 Å². The Morgan fingerprint density at radius 2 is 1.69 bits per heavy atom. The lowest BCUT2D eigenvalue weighted by Crippen LogP contribution is -2.51. The van der Waals surface area contributed by atoms with E-state index in [9.17, 15) is 17.6 Å². The molecule has 2 aromatic rings. The van der Waals surface area contributed by atoms with Crippen LogP contribution < -0.4 is 4.74 Å². The Bertz CT molecular complexity index is 1000. The number of aryl methyl sites for hydroxylation is 2. The second-order valence-corrected chi connectivity index (χ2v) is 9.32. The number of ether oxygens (including phenoxy) is 1. The van der Waals surface area contributed by atoms with Crippen molar-refractivity contribution >= 4 is 27.5 Å². The van der Waals surface area contributed by atoms with E-state index in [0.717, 1.165) is 23.3 Å². The minimum Gasteiger partial charge on any atom is -0.484 e. The van der Waals surface area contributed by atoms with Gasteiger partial charge in [0, 0.05) is 26.2 Å². The first-order valence-corrected chi connectivity index (χ1v) is 10.9. The Balaban J connectivity index is 1.58. The molecule has 0 radical (unpaired) electrons. The van der Waals surface area contributed by atoms with E-state index in [2.05, 4.69) is 0 Å². The topological polar surface area (TPSA) is 66.9 Å². The summed E-state index contributed by atoms with van der Waals surface area (Å²) in [6.45, 7) is 4.60. The number of nitrogens with zero attached hydrogens (tertiary/aromatic N) is 2. The summed E-state index contributed by atoms with van der Waals surface area (Å²) in [5.41, 5.74) is 2.10. The molecule has 6 nitrogen and oxygen atoms in total. The van der Waals surface area contributed by atoms with E-state index in [1.165, 1.54) is 10.4 Å². The Morgan fingerprint density at radius 1 is 1.07 bits per heavy atom. The Morgan fingerprint density at radius 3 is 2.28 bits per heavy atom. The molecular weight excluding hydrogens is 419 g/mol. The Kier molecular flexibility index (Phi) is 6.45. The molecule has 0 atom stereocenters. The molecule has 1 fully saturated rings. The maximum Gasteiger partial charge on any atom is 0.260 e. The van der Waals surface area contributed by atoms with Crippen molar-refractivity contribution in [3.05, 3.63) is 58.4 Å². The minimum absolute atomic E-state index is 0.0678. The number of rotatable bonds is 5. The summed E-state index contributed by atoms with van der Waals surface area (Å²) in [6, 6.07) is 9.05. The summed E-state index contributed by atoms with van der Waals surface area (Å²) in [5, 5.41) is -0.247. The number of amides is 1. The average Bonchev–Trinajstić information content (AvgIpc) is 2.67. The number of piperazine rings is 1. The third-order valence-electron chi connectivity index (χ3n) is 4.68. The van der Waals surface area contributed by atoms with Crippen LogP contribution in [0.1, 0.15) is 11.1 Å². The van der Waals surface area contributed by atoms with E-state index >= 15 is 0 Å². The predicted octanol–water partition coefficient (Wildman–Crippen LogP) is 3.01. The second-order valence-electron chi connectivity index (χ2n) is 6.97. The molecule has 9 heteroatoms. The molecule has 156 valence electrons. The fourth-order valence-electron chi connectivity index (χ4n) is 3.22. The molecule has 29 heavy (non-hydrogen) atoms. The fraction of sp³-hybridized carbons (Fsp3) is 0.350. The number of hydrogen-bond acceptors (Lipinski definition) is 4. The largest absolute Gasteiger partial charge is 0.484 e. The van der Waals surface area contributed by atoms with Crippen molar-refractivity contribution in [1.82, 2.24) is 9.21 Å². The molecular formula is C20H22ClFN2O4S. The van der Waals surface area contributed by atoms with Gasteiger partial charge in [-0.15, -0.1) is 0 Å². The van der Waals surface area contributed by atoms with Crippen LogP contribution in [-0.2, 0) is 14.8 Å². The van der Waals surface area contributed by atoms with Gasteiger partial charge in [-0.3, -0.25) is 4.79 Å². The van der Waals surface area contributed by atoms with Gasteiger partial charge >= 0.3 is 0 Å². The molecule has 0 N–H and O–H groups in total. The number of halogens is 2. The standard InChI is InChI=1S/C20H22ClFN2O4S/c1-14-9-15(2)11-16(10-14)28-13-20(25)23-5-7-24(8-6-23)29(26,27)17-3-4-19(22)18(21)12-17/h3-4,9-12H,5-8,13H2,1-2H3. The Hall–Kier alpha value is -2.16. The van der Waals surface area contributed by atoms with Gasteiger partial charge < -0.3 is 9.64 Å². The molecule has 1 aliphatic rings. The summed E-state index contributed by atoms with van der Waals surface area (Å²) in [4.78, 5) is 13.9. The predicted molar refractivity (Wildman–Crippen MR) is 108 cm³/mol. The molecule has 1 aliphatic heterocycles. The van der Waals surface area contributed by atoms with Crippen molar-refractivity contribution in [1.29, 1.82) is 0 Å². The van der Waals surface area contributed by atoms with Gasteiger partial charge in [0.2, 0.25) is 10.0 Å². The van der Waals surface area contributed by atoms with Crippen LogP contribution in [0, 0.1) is 19.7 Å². The summed E-state index contributed by atoms with van der Waals surface area (Å²) in [7, 11) is -3.80. The Labute approximate surface area is 174 Å². The lowest BCUT2D eigenvalue weighted by atomic mass is 10.1. The van der Waals surface area contributed by atoms with Crippen LogP contribution in [0.3, 0.4) is 0 Å². The number of sulfonamides is 1. The summed E-state index contributed by atoms with van der Waals surface area (Å²) < 4.78 is 45.6. The van der Waals surface area contributed by atoms with Crippen molar-refractivity contribution < 1.29 is 22.3 Å². The first-order chi connectivity index (χ1) is 13.7. The first-order valence-electron chi connectivity index (χ1n) is 9.11. The van der Waals surface area contributed by atoms with Crippen LogP contribution >= 0.6 is 11.6 Å². The zero-order valence-electron chi connectivity index (χ0n) is 16.2. The molecule has 0 unspecified atom stereocenters. The number of carbonyl (C=O) groups excluding carboxylic acids is 1. The van der Waals surface area contributed by atoms with E-state index < -0.39 is 15.8 Å². The molecule has 3 rings (SSSR count). The van der Waals surface area contributed by atoms with Gasteiger partial charge in [-0.05, 0) is 55.3 Å². The highest BCUT2D eigenvalue weighted by Crippen LogP contribution is 2.23. The summed E-state index contributed by atoms with van der Waals surface area (Å²) >= 11 is 5.70. The molecule has 0 bridgehead atoms. The van der Waals surface area contributed by atoms with Gasteiger partial charge in [0.05, 0.1) is 9.92 Å². The number of carbonyl (C=O) groups is 1. The van der Waals surface area contributed by atoms with Gasteiger partial charge in [-0.1, -0.05) is 17.7 Å². The van der Waals surface area contributed by atoms with Crippen LogP contribution in [0.25, 0.3) is 0 Å². The van der Waals surface area contributed by atoms with E-state index in [-0.39, 0.29) is 48.6 Å². The number of benzene rings is 2. The van der Waals surface area contributed by atoms with Crippen molar-refractivity contribution in [3.8, 4) is 5.75 Å². The highest BCUT2D eigenvalue weighted by Gasteiger charge is 2.30. The monoisotopic (exact) mass is 440 g/mol. The molecule has 1 saturated heterocycles. The molecule has 0 aliphatic carbocycles. The quantitative estimate of drug-likeness (QED) is 0.716. The lowest BCUT2D eigenvalue weighted by Gasteiger charge is -2.34. The van der Waals surface area contributed by atoms with Crippen LogP contribution in [0.2, 0.25) is 5.02 Å². The summed E-state index contributed by atoms with van der Waals surface area (Å²) in [6.07, 6.45) is 0. The van der Waals surface area contributed by atoms with Crippen molar-refractivity contribution in [2.45, 2.75) is 18.7 Å². The fourth-order valence-corrected chi connectivity index (χ4v) is 4.91. The zero-order valence-corrected chi connectivity index (χ0v) is 17.8. The molecule has 2 aromatic carbocycles. The summed E-state index contributed by atoms with van der Waals surface area (Å²) in [5.74, 6) is -0.249. The van der Waals surface area contributed by atoms with Crippen LogP contribution in [0.4, 0.5) is 4.39 Å². The van der Waals surface area contributed by atoms with Crippen molar-refractivity contribution in [2.75, 3.05) is 32.8 Å². The third kappa shape index (κ3) is 5.07. The second kappa shape index (κ2) is 8.69. The van der Waals surface area contributed by atoms with Crippen LogP contribution in [-0.4, -0.2) is 56.3 Å². The van der Waals surface area contributed by atoms with Gasteiger partial charge in [0.15, 0.2) is 6.61 Å². The highest BCUT2D eigenvalue weighted by molar-refractivity contribution is 7.89. The molecule has 0 saturated carbocycles. The molecule has 1 amide bonds. The smallest absolute Gasteiger partial charge is 0.260 e. The van der Waals surface area contributed by atoms with Crippen molar-refractivity contribution in [3.63, 3.8) is 0 Å². The SMILES string of the molecule is Cc1cc(C)cc(OCC(=O)N2CCN(S(=O)(=O)c3ccc(F)c(Cl)c3)CC2)c1. The first kappa shape index (κ1) is 21.5. The molecule has 0 aromatic heterocycles. The average molecular weight is 441 g/mol. The third-order valence-corrected chi connectivity index (χ3v) is 6.86. The van der Waals surface area contributed by atoms with Crippen molar-refractivity contribution in [2.24, 2.45) is 0 Å². The lowest BCUT2D eigenvalue weighted by molar-refractivity contribution is -0.134. The minimum atomic E-state index is -3.80. The maximum absolute atomic E-state index is 13.3. The van der Waals surface area contributed by atoms with Crippen LogP contribution in [0.15, 0.2) is 41.3 Å². The molecule has 0 spiro atoms. The van der Waals surface area contributed by atoms with Gasteiger partial charge in [0.25, 0.3) is 5.91 Å². The van der Waals surface area contributed by atoms with Gasteiger partial charge in [0.1, 0.15) is 11.6 Å². The van der Waals surface area contributed by atoms with E-state index in [0.29, 0.717) is 5.75 Å².